The van der Waals surface area contributed by atoms with E-state index in [0.29, 0.717) is 18.3 Å². The number of carbonyl (C=O) groups is 1. The zero-order chi connectivity index (χ0) is 18.7. The van der Waals surface area contributed by atoms with Crippen molar-refractivity contribution in [1.29, 1.82) is 0 Å². The smallest absolute Gasteiger partial charge is 0.416 e. The van der Waals surface area contributed by atoms with Crippen molar-refractivity contribution in [2.75, 3.05) is 44.8 Å². The molecular formula is C20H30N4O3. The Labute approximate surface area is 161 Å². The number of piperidine rings is 1. The highest BCUT2D eigenvalue weighted by Gasteiger charge is 2.46. The molecule has 1 amide bonds. The Morgan fingerprint density at radius 2 is 2.11 bits per heavy atom. The maximum absolute atomic E-state index is 12.5. The van der Waals surface area contributed by atoms with Gasteiger partial charge in [0, 0.05) is 32.3 Å². The fraction of sp³-hybridized carbons (Fsp3) is 0.750. The lowest BCUT2D eigenvalue weighted by atomic mass is 9.85. The lowest BCUT2D eigenvalue weighted by molar-refractivity contribution is 0.0260. The number of likely N-dealkylation sites (tertiary alicyclic amines) is 1. The van der Waals surface area contributed by atoms with Crippen molar-refractivity contribution < 1.29 is 14.3 Å². The van der Waals surface area contributed by atoms with Crippen molar-refractivity contribution in [3.63, 3.8) is 0 Å². The highest BCUT2D eigenvalue weighted by molar-refractivity contribution is 5.89. The number of nitrogens with zero attached hydrogens (tertiary/aromatic N) is 4. The van der Waals surface area contributed by atoms with E-state index in [4.69, 9.17) is 14.5 Å². The first-order valence-electron chi connectivity index (χ1n) is 10.2. The molecule has 1 aromatic rings. The second-order valence-electron chi connectivity index (χ2n) is 8.13. The minimum atomic E-state index is -0.311. The number of rotatable bonds is 5. The van der Waals surface area contributed by atoms with Crippen molar-refractivity contribution >= 4 is 11.9 Å². The van der Waals surface area contributed by atoms with E-state index in [1.807, 2.05) is 6.20 Å². The third-order valence-electron chi connectivity index (χ3n) is 6.19. The van der Waals surface area contributed by atoms with Crippen LogP contribution in [0.4, 0.5) is 10.6 Å². The van der Waals surface area contributed by atoms with Crippen LogP contribution in [0.5, 0.6) is 0 Å². The Morgan fingerprint density at radius 1 is 1.26 bits per heavy atom. The Kier molecular flexibility index (Phi) is 5.59. The molecule has 1 spiro atoms. The maximum Gasteiger partial charge on any atom is 0.416 e. The molecule has 3 fully saturated rings. The zero-order valence-corrected chi connectivity index (χ0v) is 16.2. The number of hydrogen-bond donors (Lipinski definition) is 0. The van der Waals surface area contributed by atoms with Crippen LogP contribution in [0.2, 0.25) is 0 Å². The van der Waals surface area contributed by atoms with E-state index in [2.05, 4.69) is 9.88 Å². The van der Waals surface area contributed by atoms with Gasteiger partial charge < -0.3 is 14.4 Å². The Morgan fingerprint density at radius 3 is 2.93 bits per heavy atom. The summed E-state index contributed by atoms with van der Waals surface area (Å²) in [5.74, 6) is 0.985. The van der Waals surface area contributed by atoms with Gasteiger partial charge in [-0.1, -0.05) is 6.42 Å². The van der Waals surface area contributed by atoms with E-state index < -0.39 is 0 Å². The first-order chi connectivity index (χ1) is 13.2. The zero-order valence-electron chi connectivity index (χ0n) is 16.2. The summed E-state index contributed by atoms with van der Waals surface area (Å²) in [5.41, 5.74) is 0.668. The summed E-state index contributed by atoms with van der Waals surface area (Å²) in [6.07, 6.45) is 10.9. The minimum Gasteiger partial charge on any atom is -0.441 e. The van der Waals surface area contributed by atoms with E-state index >= 15 is 0 Å². The summed E-state index contributed by atoms with van der Waals surface area (Å²) in [6.45, 7) is 4.37. The van der Waals surface area contributed by atoms with Gasteiger partial charge in [-0.15, -0.1) is 0 Å². The molecule has 1 atom stereocenters. The number of carbonyl (C=O) groups excluding carboxylic acids is 1. The average molecular weight is 374 g/mol. The molecule has 3 aliphatic rings. The first kappa shape index (κ1) is 18.6. The predicted octanol–water partition coefficient (Wildman–Crippen LogP) is 2.96. The van der Waals surface area contributed by atoms with Crippen molar-refractivity contribution in [3.8, 4) is 0 Å². The summed E-state index contributed by atoms with van der Waals surface area (Å²) in [7, 11) is 1.74. The largest absolute Gasteiger partial charge is 0.441 e. The van der Waals surface area contributed by atoms with Gasteiger partial charge in [-0.05, 0) is 45.1 Å². The van der Waals surface area contributed by atoms with Crippen LogP contribution in [0.3, 0.4) is 0 Å². The van der Waals surface area contributed by atoms with E-state index in [1.54, 1.807) is 18.2 Å². The summed E-state index contributed by atoms with van der Waals surface area (Å²) in [5, 5.41) is 0. The highest BCUT2D eigenvalue weighted by atomic mass is 16.6. The van der Waals surface area contributed by atoms with Crippen LogP contribution in [0.25, 0.3) is 0 Å². The van der Waals surface area contributed by atoms with Crippen LogP contribution in [-0.4, -0.2) is 66.5 Å². The maximum atomic E-state index is 12.5. The molecule has 0 aromatic carbocycles. The number of anilines is 1. The molecule has 0 bridgehead atoms. The summed E-state index contributed by atoms with van der Waals surface area (Å²) < 4.78 is 11.0. The van der Waals surface area contributed by atoms with Crippen LogP contribution < -0.4 is 4.90 Å². The van der Waals surface area contributed by atoms with Gasteiger partial charge in [0.2, 0.25) is 0 Å². The van der Waals surface area contributed by atoms with E-state index in [9.17, 15) is 4.79 Å². The quantitative estimate of drug-likeness (QED) is 0.789. The van der Waals surface area contributed by atoms with Crippen LogP contribution in [0.1, 0.15) is 56.6 Å². The summed E-state index contributed by atoms with van der Waals surface area (Å²) in [4.78, 5) is 25.9. The third-order valence-corrected chi connectivity index (χ3v) is 6.19. The van der Waals surface area contributed by atoms with Crippen LogP contribution >= 0.6 is 0 Å². The average Bonchev–Trinajstić information content (AvgIpc) is 3.02. The van der Waals surface area contributed by atoms with Crippen molar-refractivity contribution in [1.82, 2.24) is 14.9 Å². The van der Waals surface area contributed by atoms with Crippen LogP contribution in [0.15, 0.2) is 12.4 Å². The first-order valence-corrected chi connectivity index (χ1v) is 10.2. The number of ether oxygens (including phenoxy) is 2. The third kappa shape index (κ3) is 4.09. The Bertz CT molecular complexity index is 662. The van der Waals surface area contributed by atoms with Crippen molar-refractivity contribution in [3.05, 3.63) is 18.1 Å². The lowest BCUT2D eigenvalue weighted by Crippen LogP contribution is -2.37. The molecule has 148 valence electrons. The fourth-order valence-corrected chi connectivity index (χ4v) is 4.67. The molecule has 27 heavy (non-hydrogen) atoms. The molecule has 2 aliphatic heterocycles. The van der Waals surface area contributed by atoms with Gasteiger partial charge >= 0.3 is 6.09 Å². The van der Waals surface area contributed by atoms with Gasteiger partial charge in [-0.25, -0.2) is 9.78 Å². The summed E-state index contributed by atoms with van der Waals surface area (Å²) in [6, 6.07) is 0. The molecule has 7 nitrogen and oxygen atoms in total. The number of hydrogen-bond acceptors (Lipinski definition) is 6. The molecular weight excluding hydrogens is 344 g/mol. The predicted molar refractivity (Wildman–Crippen MR) is 102 cm³/mol. The molecule has 0 N–H and O–H groups in total. The second-order valence-corrected chi connectivity index (χ2v) is 8.13. The topological polar surface area (TPSA) is 67.8 Å². The molecule has 0 radical (unpaired) electrons. The normalized spacial score (nSPS) is 25.7. The number of methoxy groups -OCH3 is 1. The fourth-order valence-electron chi connectivity index (χ4n) is 4.67. The molecule has 7 heteroatoms. The SMILES string of the molecule is COCCN1CCCC(c2cncc(N3CC4(CCCCC4)OC3=O)n2)C1. The molecule has 1 aromatic heterocycles. The van der Waals surface area contributed by atoms with Gasteiger partial charge in [0.1, 0.15) is 5.60 Å². The highest BCUT2D eigenvalue weighted by Crippen LogP contribution is 2.38. The molecule has 4 rings (SSSR count). The number of aromatic nitrogens is 2. The van der Waals surface area contributed by atoms with Gasteiger partial charge in [-0.2, -0.15) is 0 Å². The van der Waals surface area contributed by atoms with Crippen LogP contribution in [0, 0.1) is 0 Å². The molecule has 3 heterocycles. The Hall–Kier alpha value is -1.73. The second kappa shape index (κ2) is 8.10. The molecule has 2 saturated heterocycles. The van der Waals surface area contributed by atoms with E-state index in [1.165, 1.54) is 6.42 Å². The van der Waals surface area contributed by atoms with Gasteiger partial charge in [0.15, 0.2) is 5.82 Å². The van der Waals surface area contributed by atoms with E-state index in [-0.39, 0.29) is 11.7 Å². The minimum absolute atomic E-state index is 0.270. The monoisotopic (exact) mass is 374 g/mol. The van der Waals surface area contributed by atoms with Gasteiger partial charge in [-0.3, -0.25) is 9.88 Å². The van der Waals surface area contributed by atoms with Crippen molar-refractivity contribution in [2.45, 2.75) is 56.5 Å². The standard InChI is InChI=1S/C20H30N4O3/c1-26-11-10-23-9-5-6-16(14-23)17-12-21-13-18(22-17)24-15-20(27-19(24)25)7-3-2-4-8-20/h12-13,16H,2-11,14-15H2,1H3. The Balaban J connectivity index is 1.47. The molecule has 1 aliphatic carbocycles. The van der Waals surface area contributed by atoms with Gasteiger partial charge in [0.05, 0.1) is 25.0 Å². The van der Waals surface area contributed by atoms with Crippen LogP contribution in [-0.2, 0) is 9.47 Å². The van der Waals surface area contributed by atoms with Crippen molar-refractivity contribution in [2.24, 2.45) is 0 Å². The van der Waals surface area contributed by atoms with Gasteiger partial charge in [0.25, 0.3) is 0 Å². The lowest BCUT2D eigenvalue weighted by Gasteiger charge is -2.32. The molecule has 1 unspecified atom stereocenters. The number of amides is 1. The van der Waals surface area contributed by atoms with E-state index in [0.717, 1.165) is 70.5 Å². The summed E-state index contributed by atoms with van der Waals surface area (Å²) >= 11 is 0. The molecule has 1 saturated carbocycles.